The highest BCUT2D eigenvalue weighted by atomic mass is 79.9. The van der Waals surface area contributed by atoms with E-state index in [4.69, 9.17) is 4.74 Å². The zero-order valence-corrected chi connectivity index (χ0v) is 12.2. The Hall–Kier alpha value is -1.32. The van der Waals surface area contributed by atoms with Crippen molar-refractivity contribution in [2.75, 3.05) is 6.54 Å². The fraction of sp³-hybridized carbons (Fsp3) is 0.250. The molecule has 0 aromatic heterocycles. The number of fused-ring (bicyclic) bond motifs is 1. The monoisotopic (exact) mass is 317 g/mol. The summed E-state index contributed by atoms with van der Waals surface area (Å²) < 4.78 is 6.93. The first-order valence-corrected chi connectivity index (χ1v) is 7.31. The Labute approximate surface area is 121 Å². The lowest BCUT2D eigenvalue weighted by atomic mass is 9.96. The molecule has 0 saturated heterocycles. The van der Waals surface area contributed by atoms with Crippen LogP contribution in [0.1, 0.15) is 16.7 Å². The molecule has 0 radical (unpaired) electrons. The van der Waals surface area contributed by atoms with E-state index < -0.39 is 0 Å². The molecule has 3 heteroatoms. The van der Waals surface area contributed by atoms with Gasteiger partial charge in [-0.15, -0.1) is 0 Å². The van der Waals surface area contributed by atoms with Gasteiger partial charge in [-0.05, 0) is 47.9 Å². The van der Waals surface area contributed by atoms with Crippen LogP contribution in [0.2, 0.25) is 0 Å². The van der Waals surface area contributed by atoms with Gasteiger partial charge < -0.3 is 10.1 Å². The Bertz CT molecular complexity index is 583. The van der Waals surface area contributed by atoms with Gasteiger partial charge >= 0.3 is 0 Å². The number of hydrogen-bond acceptors (Lipinski definition) is 2. The maximum atomic E-state index is 5.89. The minimum Gasteiger partial charge on any atom is -0.489 e. The minimum atomic E-state index is 0.639. The van der Waals surface area contributed by atoms with Gasteiger partial charge in [-0.2, -0.15) is 0 Å². The van der Waals surface area contributed by atoms with Crippen LogP contribution >= 0.6 is 15.9 Å². The molecule has 0 bridgehead atoms. The molecule has 0 saturated carbocycles. The van der Waals surface area contributed by atoms with Crippen LogP contribution < -0.4 is 10.1 Å². The predicted molar refractivity (Wildman–Crippen MR) is 80.3 cm³/mol. The fourth-order valence-corrected chi connectivity index (χ4v) is 2.84. The van der Waals surface area contributed by atoms with Gasteiger partial charge in [-0.3, -0.25) is 0 Å². The van der Waals surface area contributed by atoms with Crippen LogP contribution in [0.4, 0.5) is 0 Å². The molecule has 98 valence electrons. The molecule has 2 nitrogen and oxygen atoms in total. The van der Waals surface area contributed by atoms with Gasteiger partial charge in [0.15, 0.2) is 0 Å². The Morgan fingerprint density at radius 3 is 2.95 bits per heavy atom. The van der Waals surface area contributed by atoms with Gasteiger partial charge in [0.25, 0.3) is 0 Å². The van der Waals surface area contributed by atoms with Gasteiger partial charge in [0.2, 0.25) is 0 Å². The van der Waals surface area contributed by atoms with Gasteiger partial charge in [0, 0.05) is 11.0 Å². The van der Waals surface area contributed by atoms with Crippen molar-refractivity contribution >= 4 is 15.9 Å². The minimum absolute atomic E-state index is 0.639. The molecule has 2 aromatic carbocycles. The first kappa shape index (κ1) is 12.7. The summed E-state index contributed by atoms with van der Waals surface area (Å²) in [7, 11) is 0. The lowest BCUT2D eigenvalue weighted by Gasteiger charge is -2.20. The summed E-state index contributed by atoms with van der Waals surface area (Å²) in [4.78, 5) is 0. The van der Waals surface area contributed by atoms with Crippen LogP contribution in [0, 0.1) is 0 Å². The van der Waals surface area contributed by atoms with Gasteiger partial charge in [-0.25, -0.2) is 0 Å². The number of nitrogens with one attached hydrogen (secondary N) is 1. The zero-order chi connectivity index (χ0) is 13.1. The van der Waals surface area contributed by atoms with E-state index in [0.29, 0.717) is 6.61 Å². The molecule has 1 aliphatic rings. The van der Waals surface area contributed by atoms with E-state index in [1.165, 1.54) is 16.7 Å². The third kappa shape index (κ3) is 2.99. The van der Waals surface area contributed by atoms with Crippen LogP contribution in [0.3, 0.4) is 0 Å². The Kier molecular flexibility index (Phi) is 3.85. The molecular weight excluding hydrogens is 302 g/mol. The second kappa shape index (κ2) is 5.76. The van der Waals surface area contributed by atoms with Crippen molar-refractivity contribution in [3.8, 4) is 5.75 Å². The molecule has 1 N–H and O–H groups in total. The van der Waals surface area contributed by atoms with E-state index in [0.717, 1.165) is 29.7 Å². The molecule has 19 heavy (non-hydrogen) atoms. The van der Waals surface area contributed by atoms with Crippen molar-refractivity contribution in [2.45, 2.75) is 19.6 Å². The standard InChI is InChI=1S/C16H16BrNO/c17-14-5-2-6-15(9-14)19-11-13-4-1-3-12-10-18-8-7-16(12)13/h1-6,9,18H,7-8,10-11H2. The molecule has 0 amide bonds. The summed E-state index contributed by atoms with van der Waals surface area (Å²) in [5.41, 5.74) is 4.16. The van der Waals surface area contributed by atoms with Crippen molar-refractivity contribution in [3.63, 3.8) is 0 Å². The Morgan fingerprint density at radius 2 is 2.05 bits per heavy atom. The first-order valence-electron chi connectivity index (χ1n) is 6.51. The van der Waals surface area contributed by atoms with Crippen LogP contribution in [0.25, 0.3) is 0 Å². The molecular formula is C16H16BrNO. The number of rotatable bonds is 3. The highest BCUT2D eigenvalue weighted by Crippen LogP contribution is 2.22. The highest BCUT2D eigenvalue weighted by Gasteiger charge is 2.12. The topological polar surface area (TPSA) is 21.3 Å². The SMILES string of the molecule is Brc1cccc(OCc2cccc3c2CCNC3)c1. The highest BCUT2D eigenvalue weighted by molar-refractivity contribution is 9.10. The molecule has 3 rings (SSSR count). The zero-order valence-electron chi connectivity index (χ0n) is 10.7. The molecule has 0 fully saturated rings. The van der Waals surface area contributed by atoms with Gasteiger partial charge in [-0.1, -0.05) is 40.2 Å². The maximum absolute atomic E-state index is 5.89. The van der Waals surface area contributed by atoms with E-state index >= 15 is 0 Å². The predicted octanol–water partition coefficient (Wildman–Crippen LogP) is 3.67. The van der Waals surface area contributed by atoms with Crippen molar-refractivity contribution < 1.29 is 4.74 Å². The number of halogens is 1. The lowest BCUT2D eigenvalue weighted by Crippen LogP contribution is -2.24. The molecule has 0 unspecified atom stereocenters. The third-order valence-electron chi connectivity index (χ3n) is 3.43. The summed E-state index contributed by atoms with van der Waals surface area (Å²) >= 11 is 3.46. The Morgan fingerprint density at radius 1 is 1.16 bits per heavy atom. The molecule has 1 aliphatic heterocycles. The van der Waals surface area contributed by atoms with E-state index in [2.05, 4.69) is 39.4 Å². The smallest absolute Gasteiger partial charge is 0.120 e. The van der Waals surface area contributed by atoms with Gasteiger partial charge in [0.1, 0.15) is 12.4 Å². The van der Waals surface area contributed by atoms with Crippen LogP contribution in [-0.4, -0.2) is 6.54 Å². The van der Waals surface area contributed by atoms with E-state index in [1.54, 1.807) is 0 Å². The van der Waals surface area contributed by atoms with E-state index in [9.17, 15) is 0 Å². The van der Waals surface area contributed by atoms with Gasteiger partial charge in [0.05, 0.1) is 0 Å². The largest absolute Gasteiger partial charge is 0.489 e. The first-order chi connectivity index (χ1) is 9.33. The molecule has 0 atom stereocenters. The van der Waals surface area contributed by atoms with Crippen LogP contribution in [0.5, 0.6) is 5.75 Å². The molecule has 0 aliphatic carbocycles. The van der Waals surface area contributed by atoms with Crippen molar-refractivity contribution in [1.82, 2.24) is 5.32 Å². The van der Waals surface area contributed by atoms with Crippen molar-refractivity contribution in [1.29, 1.82) is 0 Å². The summed E-state index contributed by atoms with van der Waals surface area (Å²) in [5.74, 6) is 0.904. The summed E-state index contributed by atoms with van der Waals surface area (Å²) in [6, 6.07) is 14.5. The number of ether oxygens (including phenoxy) is 1. The number of hydrogen-bond donors (Lipinski definition) is 1. The fourth-order valence-electron chi connectivity index (χ4n) is 2.46. The lowest BCUT2D eigenvalue weighted by molar-refractivity contribution is 0.304. The van der Waals surface area contributed by atoms with Crippen LogP contribution in [0.15, 0.2) is 46.9 Å². The van der Waals surface area contributed by atoms with E-state index in [-0.39, 0.29) is 0 Å². The van der Waals surface area contributed by atoms with Crippen molar-refractivity contribution in [2.24, 2.45) is 0 Å². The van der Waals surface area contributed by atoms with E-state index in [1.807, 2.05) is 24.3 Å². The third-order valence-corrected chi connectivity index (χ3v) is 3.92. The Balaban J connectivity index is 1.77. The summed E-state index contributed by atoms with van der Waals surface area (Å²) in [6.45, 7) is 2.67. The summed E-state index contributed by atoms with van der Waals surface area (Å²) in [5, 5.41) is 3.40. The second-order valence-corrected chi connectivity index (χ2v) is 5.64. The molecule has 0 spiro atoms. The van der Waals surface area contributed by atoms with Crippen molar-refractivity contribution in [3.05, 3.63) is 63.6 Å². The molecule has 1 heterocycles. The summed E-state index contributed by atoms with van der Waals surface area (Å²) in [6.07, 6.45) is 1.09. The van der Waals surface area contributed by atoms with Crippen LogP contribution in [-0.2, 0) is 19.6 Å². The molecule has 2 aromatic rings. The average molecular weight is 318 g/mol. The quantitative estimate of drug-likeness (QED) is 0.932. The average Bonchev–Trinajstić information content (AvgIpc) is 2.45. The number of benzene rings is 2. The second-order valence-electron chi connectivity index (χ2n) is 4.73. The normalized spacial score (nSPS) is 13.9. The maximum Gasteiger partial charge on any atom is 0.120 e.